The van der Waals surface area contributed by atoms with Gasteiger partial charge in [-0.15, -0.1) is 0 Å². The predicted octanol–water partition coefficient (Wildman–Crippen LogP) is 2.06. The van der Waals surface area contributed by atoms with E-state index in [1.54, 1.807) is 26.0 Å². The van der Waals surface area contributed by atoms with Crippen molar-refractivity contribution >= 4 is 25.7 Å². The summed E-state index contributed by atoms with van der Waals surface area (Å²) in [5, 5.41) is 0. The molecule has 0 bridgehead atoms. The van der Waals surface area contributed by atoms with Crippen LogP contribution >= 0.6 is 10.7 Å². The Bertz CT molecular complexity index is 517. The van der Waals surface area contributed by atoms with Gasteiger partial charge < -0.3 is 4.74 Å². The molecular weight excluding hydrogens is 264 g/mol. The van der Waals surface area contributed by atoms with Crippen LogP contribution in [0.1, 0.15) is 19.4 Å². The zero-order valence-electron chi connectivity index (χ0n) is 9.73. The highest BCUT2D eigenvalue weighted by molar-refractivity contribution is 8.13. The molecule has 0 saturated carbocycles. The van der Waals surface area contributed by atoms with E-state index in [1.165, 1.54) is 19.2 Å². The van der Waals surface area contributed by atoms with Crippen molar-refractivity contribution < 1.29 is 17.9 Å². The minimum atomic E-state index is -3.73. The maximum absolute atomic E-state index is 11.5. The van der Waals surface area contributed by atoms with Crippen LogP contribution in [0.15, 0.2) is 29.2 Å². The molecule has 0 atom stereocenters. The van der Waals surface area contributed by atoms with Crippen LogP contribution in [0.3, 0.4) is 0 Å². The van der Waals surface area contributed by atoms with Gasteiger partial charge in [0.05, 0.1) is 17.4 Å². The first-order valence-corrected chi connectivity index (χ1v) is 7.14. The Kier molecular flexibility index (Phi) is 3.84. The van der Waals surface area contributed by atoms with Crippen LogP contribution in [0.4, 0.5) is 0 Å². The summed E-state index contributed by atoms with van der Waals surface area (Å²) in [5.41, 5.74) is -0.169. The monoisotopic (exact) mass is 276 g/mol. The molecule has 1 aromatic carbocycles. The van der Waals surface area contributed by atoms with E-state index in [1.807, 2.05) is 0 Å². The molecule has 1 aromatic rings. The van der Waals surface area contributed by atoms with E-state index >= 15 is 0 Å². The van der Waals surface area contributed by atoms with Crippen LogP contribution < -0.4 is 0 Å². The fourth-order valence-corrected chi connectivity index (χ4v) is 2.18. The van der Waals surface area contributed by atoms with Gasteiger partial charge in [0.1, 0.15) is 0 Å². The summed E-state index contributed by atoms with van der Waals surface area (Å²) in [6, 6.07) is 5.82. The lowest BCUT2D eigenvalue weighted by atomic mass is 9.85. The molecule has 0 aromatic heterocycles. The van der Waals surface area contributed by atoms with E-state index in [0.717, 1.165) is 0 Å². The zero-order chi connectivity index (χ0) is 13.3. The molecule has 0 heterocycles. The average molecular weight is 277 g/mol. The number of methoxy groups -OCH3 is 1. The molecule has 4 nitrogen and oxygen atoms in total. The molecule has 0 unspecified atom stereocenters. The Morgan fingerprint density at radius 3 is 2.06 bits per heavy atom. The van der Waals surface area contributed by atoms with Gasteiger partial charge in [-0.3, -0.25) is 4.79 Å². The standard InChI is InChI=1S/C11H13ClO4S/c1-11(2,10(13)16-3)8-4-6-9(7-5-8)17(12,14)15/h4-7H,1-3H3. The van der Waals surface area contributed by atoms with E-state index < -0.39 is 14.5 Å². The van der Waals surface area contributed by atoms with E-state index in [9.17, 15) is 13.2 Å². The topological polar surface area (TPSA) is 60.4 Å². The minimum Gasteiger partial charge on any atom is -0.468 e. The minimum absolute atomic E-state index is 0.00332. The Morgan fingerprint density at radius 2 is 1.71 bits per heavy atom. The molecule has 0 spiro atoms. The van der Waals surface area contributed by atoms with Gasteiger partial charge in [0.2, 0.25) is 0 Å². The lowest BCUT2D eigenvalue weighted by Gasteiger charge is -2.21. The van der Waals surface area contributed by atoms with Crippen molar-refractivity contribution in [1.29, 1.82) is 0 Å². The van der Waals surface area contributed by atoms with Gasteiger partial charge in [-0.25, -0.2) is 8.42 Å². The second-order valence-corrected chi connectivity index (χ2v) is 6.64. The van der Waals surface area contributed by atoms with Crippen molar-refractivity contribution in [3.8, 4) is 0 Å². The van der Waals surface area contributed by atoms with Gasteiger partial charge in [-0.1, -0.05) is 12.1 Å². The molecule has 17 heavy (non-hydrogen) atoms. The molecule has 0 amide bonds. The van der Waals surface area contributed by atoms with Gasteiger partial charge in [-0.05, 0) is 31.5 Å². The van der Waals surface area contributed by atoms with Crippen LogP contribution in [0.5, 0.6) is 0 Å². The van der Waals surface area contributed by atoms with Crippen LogP contribution in [0.25, 0.3) is 0 Å². The maximum Gasteiger partial charge on any atom is 0.315 e. The number of hydrogen-bond acceptors (Lipinski definition) is 4. The molecule has 1 rings (SSSR count). The summed E-state index contributed by atoms with van der Waals surface area (Å²) < 4.78 is 26.8. The van der Waals surface area contributed by atoms with Gasteiger partial charge in [0.15, 0.2) is 0 Å². The zero-order valence-corrected chi connectivity index (χ0v) is 11.3. The largest absolute Gasteiger partial charge is 0.468 e. The first-order chi connectivity index (χ1) is 7.69. The van der Waals surface area contributed by atoms with Crippen LogP contribution in [0.2, 0.25) is 0 Å². The van der Waals surface area contributed by atoms with Gasteiger partial charge in [0.25, 0.3) is 9.05 Å². The van der Waals surface area contributed by atoms with E-state index in [2.05, 4.69) is 4.74 Å². The Balaban J connectivity index is 3.16. The summed E-state index contributed by atoms with van der Waals surface area (Å²) >= 11 is 0. The number of halogens is 1. The molecule has 0 aliphatic carbocycles. The summed E-state index contributed by atoms with van der Waals surface area (Å²) in [6.45, 7) is 3.39. The lowest BCUT2D eigenvalue weighted by molar-refractivity contribution is -0.146. The predicted molar refractivity (Wildman–Crippen MR) is 64.5 cm³/mol. The number of carbonyl (C=O) groups excluding carboxylic acids is 1. The van der Waals surface area contributed by atoms with Crippen molar-refractivity contribution in [1.82, 2.24) is 0 Å². The van der Waals surface area contributed by atoms with Crippen molar-refractivity contribution in [3.05, 3.63) is 29.8 Å². The third-order valence-electron chi connectivity index (χ3n) is 2.55. The summed E-state index contributed by atoms with van der Waals surface area (Å²) in [7, 11) is 2.77. The molecule has 0 radical (unpaired) electrons. The van der Waals surface area contributed by atoms with Gasteiger partial charge in [-0.2, -0.15) is 0 Å². The van der Waals surface area contributed by atoms with Gasteiger partial charge >= 0.3 is 5.97 Å². The number of carbonyl (C=O) groups is 1. The number of rotatable bonds is 3. The molecule has 0 fully saturated rings. The van der Waals surface area contributed by atoms with Crippen LogP contribution in [-0.2, 0) is 24.0 Å². The SMILES string of the molecule is COC(=O)C(C)(C)c1ccc(S(=O)(=O)Cl)cc1. The third kappa shape index (κ3) is 2.98. The number of benzene rings is 1. The van der Waals surface area contributed by atoms with E-state index in [0.29, 0.717) is 5.56 Å². The average Bonchev–Trinajstić information content (AvgIpc) is 2.27. The molecule has 6 heteroatoms. The van der Waals surface area contributed by atoms with Crippen molar-refractivity contribution in [3.63, 3.8) is 0 Å². The number of ether oxygens (including phenoxy) is 1. The molecule has 0 saturated heterocycles. The third-order valence-corrected chi connectivity index (χ3v) is 3.92. The molecule has 0 aliphatic heterocycles. The smallest absolute Gasteiger partial charge is 0.315 e. The van der Waals surface area contributed by atoms with E-state index in [-0.39, 0.29) is 10.9 Å². The first kappa shape index (κ1) is 14.0. The quantitative estimate of drug-likeness (QED) is 0.626. The van der Waals surface area contributed by atoms with Crippen LogP contribution in [0, 0.1) is 0 Å². The Labute approximate surface area is 105 Å². The molecule has 94 valence electrons. The molecule has 0 aliphatic rings. The van der Waals surface area contributed by atoms with Crippen molar-refractivity contribution in [2.24, 2.45) is 0 Å². The summed E-state index contributed by atoms with van der Waals surface area (Å²) in [4.78, 5) is 11.6. The Morgan fingerprint density at radius 1 is 1.24 bits per heavy atom. The summed E-state index contributed by atoms with van der Waals surface area (Å²) in [6.07, 6.45) is 0. The lowest BCUT2D eigenvalue weighted by Crippen LogP contribution is -2.30. The normalized spacial score (nSPS) is 12.2. The highest BCUT2D eigenvalue weighted by Crippen LogP contribution is 2.26. The fourth-order valence-electron chi connectivity index (χ4n) is 1.41. The molecule has 0 N–H and O–H groups in total. The highest BCUT2D eigenvalue weighted by atomic mass is 35.7. The summed E-state index contributed by atoms with van der Waals surface area (Å²) in [5.74, 6) is -0.390. The highest BCUT2D eigenvalue weighted by Gasteiger charge is 2.30. The number of esters is 1. The van der Waals surface area contributed by atoms with Crippen molar-refractivity contribution in [2.45, 2.75) is 24.2 Å². The molecular formula is C11H13ClO4S. The Hall–Kier alpha value is -1.07. The van der Waals surface area contributed by atoms with Crippen LogP contribution in [-0.4, -0.2) is 21.5 Å². The van der Waals surface area contributed by atoms with Crippen molar-refractivity contribution in [2.75, 3.05) is 7.11 Å². The second kappa shape index (κ2) is 4.66. The van der Waals surface area contributed by atoms with E-state index in [4.69, 9.17) is 10.7 Å². The first-order valence-electron chi connectivity index (χ1n) is 4.83. The van der Waals surface area contributed by atoms with Gasteiger partial charge in [0, 0.05) is 10.7 Å². The fraction of sp³-hybridized carbons (Fsp3) is 0.364. The number of hydrogen-bond donors (Lipinski definition) is 0. The second-order valence-electron chi connectivity index (χ2n) is 4.08. The maximum atomic E-state index is 11.5.